The Kier molecular flexibility index (Phi) is 6.48. The fourth-order valence-corrected chi connectivity index (χ4v) is 3.00. The van der Waals surface area contributed by atoms with Crippen molar-refractivity contribution in [2.75, 3.05) is 31.8 Å². The van der Waals surface area contributed by atoms with Crippen molar-refractivity contribution in [3.05, 3.63) is 35.4 Å². The molecule has 0 aliphatic heterocycles. The fourth-order valence-electron chi connectivity index (χ4n) is 3.00. The van der Waals surface area contributed by atoms with E-state index in [-0.39, 0.29) is 5.97 Å². The van der Waals surface area contributed by atoms with Crippen molar-refractivity contribution in [3.8, 4) is 6.01 Å². The number of esters is 1. The lowest BCUT2D eigenvalue weighted by atomic mass is 10.1. The van der Waals surface area contributed by atoms with Gasteiger partial charge in [-0.3, -0.25) is 4.57 Å². The molecule has 0 fully saturated rings. The van der Waals surface area contributed by atoms with Crippen molar-refractivity contribution in [1.82, 2.24) is 19.5 Å². The third-order valence-electron chi connectivity index (χ3n) is 4.55. The molecule has 154 valence electrons. The van der Waals surface area contributed by atoms with Gasteiger partial charge in [-0.05, 0) is 24.1 Å². The molecule has 2 aromatic heterocycles. The van der Waals surface area contributed by atoms with Crippen LogP contribution in [-0.4, -0.2) is 46.3 Å². The highest BCUT2D eigenvalue weighted by Gasteiger charge is 2.18. The third-order valence-corrected chi connectivity index (χ3v) is 4.55. The van der Waals surface area contributed by atoms with E-state index in [4.69, 9.17) is 15.2 Å². The number of carbonyl (C=O) groups is 1. The van der Waals surface area contributed by atoms with E-state index in [1.807, 2.05) is 16.7 Å². The summed E-state index contributed by atoms with van der Waals surface area (Å²) in [5.74, 6) is 0.392. The number of rotatable bonds is 9. The number of hydrogen-bond donors (Lipinski definition) is 2. The van der Waals surface area contributed by atoms with Crippen LogP contribution in [0.4, 0.5) is 11.8 Å². The van der Waals surface area contributed by atoms with E-state index >= 15 is 0 Å². The van der Waals surface area contributed by atoms with Crippen LogP contribution in [-0.2, 0) is 11.3 Å². The second-order valence-corrected chi connectivity index (χ2v) is 6.61. The summed E-state index contributed by atoms with van der Waals surface area (Å²) in [7, 11) is 2.91. The molecule has 0 bridgehead atoms. The van der Waals surface area contributed by atoms with Gasteiger partial charge >= 0.3 is 5.97 Å². The van der Waals surface area contributed by atoms with Crippen LogP contribution in [0.3, 0.4) is 0 Å². The lowest BCUT2D eigenvalue weighted by Crippen LogP contribution is -2.09. The average molecular weight is 398 g/mol. The number of benzene rings is 1. The molecule has 3 rings (SSSR count). The number of fused-ring (bicyclic) bond motifs is 1. The number of aromatic nitrogens is 4. The quantitative estimate of drug-likeness (QED) is 0.417. The van der Waals surface area contributed by atoms with Gasteiger partial charge in [0.1, 0.15) is 0 Å². The molecular weight excluding hydrogens is 372 g/mol. The largest absolute Gasteiger partial charge is 0.468 e. The number of ether oxygens (including phenoxy) is 2. The highest BCUT2D eigenvalue weighted by atomic mass is 16.5. The molecule has 1 aromatic carbocycles. The van der Waals surface area contributed by atoms with Crippen LogP contribution in [0, 0.1) is 0 Å². The van der Waals surface area contributed by atoms with Crippen molar-refractivity contribution in [2.24, 2.45) is 0 Å². The Labute approximate surface area is 169 Å². The molecule has 9 heteroatoms. The van der Waals surface area contributed by atoms with Crippen LogP contribution in [0.1, 0.15) is 42.1 Å². The topological polar surface area (TPSA) is 117 Å². The number of nitrogen functional groups attached to an aromatic ring is 1. The van der Waals surface area contributed by atoms with Gasteiger partial charge in [-0.25, -0.2) is 4.79 Å². The zero-order valence-electron chi connectivity index (χ0n) is 16.9. The standard InChI is InChI=1S/C20H26N6O3/c1-4-5-6-11-22-19-24-16(21)15-17(25-19)26(20(23-15)29-3)12-13-7-9-14(10-8-13)18(27)28-2/h7-10H,4-6,11-12H2,1-3H3,(H3,21,22,24,25). The van der Waals surface area contributed by atoms with E-state index < -0.39 is 0 Å². The second kappa shape index (κ2) is 9.22. The summed E-state index contributed by atoms with van der Waals surface area (Å²) >= 11 is 0. The van der Waals surface area contributed by atoms with Gasteiger partial charge in [-0.1, -0.05) is 31.9 Å². The predicted molar refractivity (Wildman–Crippen MR) is 111 cm³/mol. The number of anilines is 2. The Balaban J connectivity index is 1.91. The van der Waals surface area contributed by atoms with Crippen molar-refractivity contribution in [2.45, 2.75) is 32.7 Å². The minimum Gasteiger partial charge on any atom is -0.468 e. The second-order valence-electron chi connectivity index (χ2n) is 6.61. The molecule has 0 saturated heterocycles. The smallest absolute Gasteiger partial charge is 0.337 e. The zero-order chi connectivity index (χ0) is 20.8. The fraction of sp³-hybridized carbons (Fsp3) is 0.400. The number of imidazole rings is 1. The minimum atomic E-state index is -0.374. The molecule has 0 unspecified atom stereocenters. The van der Waals surface area contributed by atoms with Crippen LogP contribution in [0.15, 0.2) is 24.3 Å². The maximum atomic E-state index is 11.6. The van der Waals surface area contributed by atoms with Crippen LogP contribution in [0.25, 0.3) is 11.2 Å². The van der Waals surface area contributed by atoms with E-state index in [1.165, 1.54) is 7.11 Å². The molecule has 0 aliphatic carbocycles. The SMILES string of the molecule is CCCCCNc1nc(N)c2nc(OC)n(Cc3ccc(C(=O)OC)cc3)c2n1. The molecule has 2 heterocycles. The molecule has 0 radical (unpaired) electrons. The third kappa shape index (κ3) is 4.56. The lowest BCUT2D eigenvalue weighted by Gasteiger charge is -2.09. The molecule has 0 saturated carbocycles. The van der Waals surface area contributed by atoms with Gasteiger partial charge in [-0.2, -0.15) is 15.0 Å². The molecule has 0 amide bonds. The zero-order valence-corrected chi connectivity index (χ0v) is 16.9. The van der Waals surface area contributed by atoms with Gasteiger partial charge in [-0.15, -0.1) is 0 Å². The Morgan fingerprint density at radius 2 is 1.90 bits per heavy atom. The van der Waals surface area contributed by atoms with E-state index in [0.717, 1.165) is 31.4 Å². The van der Waals surface area contributed by atoms with Crippen molar-refractivity contribution in [1.29, 1.82) is 0 Å². The Morgan fingerprint density at radius 3 is 2.55 bits per heavy atom. The summed E-state index contributed by atoms with van der Waals surface area (Å²) in [6, 6.07) is 7.53. The molecule has 3 N–H and O–H groups in total. The average Bonchev–Trinajstić information content (AvgIpc) is 3.09. The first-order valence-electron chi connectivity index (χ1n) is 9.56. The Hall–Kier alpha value is -3.36. The van der Waals surface area contributed by atoms with Gasteiger partial charge < -0.3 is 20.5 Å². The number of nitrogens with zero attached hydrogens (tertiary/aromatic N) is 4. The van der Waals surface area contributed by atoms with Crippen LogP contribution >= 0.6 is 0 Å². The van der Waals surface area contributed by atoms with E-state index in [0.29, 0.717) is 41.0 Å². The van der Waals surface area contributed by atoms with Gasteiger partial charge in [0, 0.05) is 6.54 Å². The highest BCUT2D eigenvalue weighted by Crippen LogP contribution is 2.26. The molecule has 0 aliphatic rings. The molecule has 9 nitrogen and oxygen atoms in total. The maximum absolute atomic E-state index is 11.6. The number of methoxy groups -OCH3 is 2. The van der Waals surface area contributed by atoms with Crippen LogP contribution in [0.2, 0.25) is 0 Å². The normalized spacial score (nSPS) is 10.9. The monoisotopic (exact) mass is 398 g/mol. The van der Waals surface area contributed by atoms with Crippen LogP contribution < -0.4 is 15.8 Å². The summed E-state index contributed by atoms with van der Waals surface area (Å²) in [6.45, 7) is 3.38. The predicted octanol–water partition coefficient (Wildman–Crippen LogP) is 2.85. The van der Waals surface area contributed by atoms with E-state index in [9.17, 15) is 4.79 Å². The number of carbonyl (C=O) groups excluding carboxylic acids is 1. The molecule has 3 aromatic rings. The van der Waals surface area contributed by atoms with Gasteiger partial charge in [0.15, 0.2) is 17.0 Å². The number of hydrogen-bond acceptors (Lipinski definition) is 8. The van der Waals surface area contributed by atoms with Crippen molar-refractivity contribution in [3.63, 3.8) is 0 Å². The van der Waals surface area contributed by atoms with E-state index in [2.05, 4.69) is 27.2 Å². The Bertz CT molecular complexity index is 984. The number of nitrogens with one attached hydrogen (secondary N) is 1. The summed E-state index contributed by atoms with van der Waals surface area (Å²) < 4.78 is 12.0. The van der Waals surface area contributed by atoms with E-state index in [1.54, 1.807) is 19.2 Å². The first-order chi connectivity index (χ1) is 14.1. The number of nitrogens with two attached hydrogens (primary N) is 1. The number of unbranched alkanes of at least 4 members (excludes halogenated alkanes) is 2. The van der Waals surface area contributed by atoms with Gasteiger partial charge in [0.05, 0.1) is 26.3 Å². The summed E-state index contributed by atoms with van der Waals surface area (Å²) in [4.78, 5) is 25.0. The molecule has 29 heavy (non-hydrogen) atoms. The molecular formula is C20H26N6O3. The minimum absolute atomic E-state index is 0.297. The first kappa shape index (κ1) is 20.4. The van der Waals surface area contributed by atoms with Gasteiger partial charge in [0.25, 0.3) is 6.01 Å². The van der Waals surface area contributed by atoms with Crippen molar-refractivity contribution < 1.29 is 14.3 Å². The maximum Gasteiger partial charge on any atom is 0.337 e. The molecule has 0 spiro atoms. The van der Waals surface area contributed by atoms with Crippen molar-refractivity contribution >= 4 is 28.9 Å². The van der Waals surface area contributed by atoms with Gasteiger partial charge in [0.2, 0.25) is 5.95 Å². The molecule has 0 atom stereocenters. The van der Waals surface area contributed by atoms with Crippen LogP contribution in [0.5, 0.6) is 6.01 Å². The summed E-state index contributed by atoms with van der Waals surface area (Å²) in [6.07, 6.45) is 3.31. The summed E-state index contributed by atoms with van der Waals surface area (Å²) in [5.41, 5.74) is 8.63. The highest BCUT2D eigenvalue weighted by molar-refractivity contribution is 5.89. The lowest BCUT2D eigenvalue weighted by molar-refractivity contribution is 0.0600. The summed E-state index contributed by atoms with van der Waals surface area (Å²) in [5, 5.41) is 3.22. The Morgan fingerprint density at radius 1 is 1.14 bits per heavy atom. The first-order valence-corrected chi connectivity index (χ1v) is 9.56.